The fourth-order valence-electron chi connectivity index (χ4n) is 6.31. The number of H-pyrrole nitrogens is 2. The number of aromatic amines is 2. The summed E-state index contributed by atoms with van der Waals surface area (Å²) in [7, 11) is 1.66. The fraction of sp³-hybridized carbons (Fsp3) is 0.179. The van der Waals surface area contributed by atoms with Crippen LogP contribution in [0.3, 0.4) is 0 Å². The number of rotatable bonds is 11. The van der Waals surface area contributed by atoms with E-state index in [1.54, 1.807) is 7.11 Å². The molecule has 12 nitrogen and oxygen atoms in total. The van der Waals surface area contributed by atoms with Crippen LogP contribution in [-0.4, -0.2) is 86.6 Å². The number of hydrogen-bond acceptors (Lipinski definition) is 10. The summed E-state index contributed by atoms with van der Waals surface area (Å²) in [5, 5.41) is 3.73. The van der Waals surface area contributed by atoms with Crippen LogP contribution in [0.4, 0.5) is 0 Å². The molecule has 0 saturated heterocycles. The molecule has 7 aromatic rings. The number of hydrogen-bond donors (Lipinski definition) is 2. The van der Waals surface area contributed by atoms with E-state index < -0.39 is 18.9 Å². The summed E-state index contributed by atoms with van der Waals surface area (Å²) in [5.74, 6) is 2.27. The molecule has 2 aliphatic heterocycles. The van der Waals surface area contributed by atoms with Gasteiger partial charge in [0.05, 0.1) is 0 Å². The minimum absolute atomic E-state index is 0.473. The zero-order valence-electron chi connectivity index (χ0n) is 28.0. The van der Waals surface area contributed by atoms with E-state index in [4.69, 9.17) is 47.5 Å². The number of fused-ring (bicyclic) bond motifs is 20. The Morgan fingerprint density at radius 3 is 1.46 bits per heavy atom. The molecule has 0 unspecified atom stereocenters. The number of aromatic nitrogens is 8. The van der Waals surface area contributed by atoms with Crippen molar-refractivity contribution < 1.29 is 36.5 Å². The number of benzene rings is 4. The average Bonchev–Trinajstić information content (AvgIpc) is 3.91. The normalized spacial score (nSPS) is 12.1. The molecule has 2 N–H and O–H groups in total. The predicted octanol–water partition coefficient (Wildman–Crippen LogP) is 6.19. The van der Waals surface area contributed by atoms with E-state index in [0.29, 0.717) is 85.5 Å². The Balaban J connectivity index is 1.21. The molecule has 52 heavy (non-hydrogen) atoms. The van der Waals surface area contributed by atoms with Crippen LogP contribution in [0.25, 0.3) is 89.7 Å². The maximum absolute atomic E-state index is 6.22. The van der Waals surface area contributed by atoms with Crippen LogP contribution in [0.5, 0.6) is 0 Å². The molecule has 2 aliphatic rings. The molecule has 0 aliphatic carbocycles. The Hall–Kier alpha value is -5.23. The van der Waals surface area contributed by atoms with Crippen molar-refractivity contribution in [2.75, 3.05) is 46.8 Å². The van der Waals surface area contributed by atoms with E-state index >= 15 is 0 Å². The first-order chi connectivity index (χ1) is 25.7. The molecule has 0 atom stereocenters. The monoisotopic (exact) mass is 871 g/mol. The van der Waals surface area contributed by atoms with Crippen molar-refractivity contribution in [1.29, 1.82) is 0 Å². The first-order valence-corrected chi connectivity index (χ1v) is 18.9. The van der Waals surface area contributed by atoms with E-state index in [9.17, 15) is 0 Å². The number of methoxy groups -OCH3 is 1. The summed E-state index contributed by atoms with van der Waals surface area (Å²) in [5.41, 5.74) is 6.22. The number of ether oxygens (including phenoxy) is 3. The minimum atomic E-state index is -0.880. The van der Waals surface area contributed by atoms with Crippen molar-refractivity contribution in [3.63, 3.8) is 0 Å². The summed E-state index contributed by atoms with van der Waals surface area (Å²) < 4.78 is 23.5. The molecule has 0 saturated carbocycles. The van der Waals surface area contributed by atoms with Gasteiger partial charge in [0.1, 0.15) is 0 Å². The fourth-order valence-corrected chi connectivity index (χ4v) is 8.27. The van der Waals surface area contributed by atoms with Gasteiger partial charge in [-0.2, -0.15) is 0 Å². The quantitative estimate of drug-likeness (QED) is 0.145. The Morgan fingerprint density at radius 2 is 0.904 bits per heavy atom. The summed E-state index contributed by atoms with van der Waals surface area (Å²) in [6, 6.07) is 30.3. The van der Waals surface area contributed by atoms with Gasteiger partial charge in [0.25, 0.3) is 0 Å². The third-order valence-electron chi connectivity index (χ3n) is 8.71. The third-order valence-corrected chi connectivity index (χ3v) is 11.0. The van der Waals surface area contributed by atoms with E-state index in [-0.39, 0.29) is 0 Å². The van der Waals surface area contributed by atoms with Gasteiger partial charge in [0.15, 0.2) is 0 Å². The average molecular weight is 872 g/mol. The van der Waals surface area contributed by atoms with Crippen LogP contribution >= 0.6 is 0 Å². The van der Waals surface area contributed by atoms with Crippen molar-refractivity contribution in [3.05, 3.63) is 91.0 Å². The summed E-state index contributed by atoms with van der Waals surface area (Å²) in [6.07, 6.45) is 0. The van der Waals surface area contributed by atoms with Crippen LogP contribution < -0.4 is 3.95 Å². The van der Waals surface area contributed by atoms with Crippen molar-refractivity contribution in [2.24, 2.45) is 0 Å². The number of nitrogens with one attached hydrogen (secondary N) is 2. The van der Waals surface area contributed by atoms with Gasteiger partial charge in [-0.05, 0) is 0 Å². The number of nitrogens with zero attached hydrogens (tertiary/aromatic N) is 6. The molecule has 3 aromatic heterocycles. The van der Waals surface area contributed by atoms with Crippen LogP contribution in [0.1, 0.15) is 0 Å². The molecule has 13 heteroatoms. The summed E-state index contributed by atoms with van der Waals surface area (Å²) in [4.78, 5) is 37.5. The van der Waals surface area contributed by atoms with Crippen LogP contribution in [-0.2, 0) is 36.5 Å². The Morgan fingerprint density at radius 1 is 0.462 bits per heavy atom. The molecule has 262 valence electrons. The van der Waals surface area contributed by atoms with E-state index in [1.807, 2.05) is 78.9 Å². The summed E-state index contributed by atoms with van der Waals surface area (Å²) in [6.45, 7) is 3.09. The van der Waals surface area contributed by atoms with Crippen LogP contribution in [0.2, 0.25) is 0 Å². The molecule has 0 fully saturated rings. The second kappa shape index (κ2) is 14.4. The van der Waals surface area contributed by atoms with E-state index in [0.717, 1.165) is 47.8 Å². The molecule has 4 aromatic carbocycles. The van der Waals surface area contributed by atoms with E-state index in [2.05, 4.69) is 22.1 Å². The first-order valence-electron chi connectivity index (χ1n) is 16.8. The zero-order valence-corrected chi connectivity index (χ0v) is 30.3. The van der Waals surface area contributed by atoms with E-state index in [1.165, 1.54) is 0 Å². The van der Waals surface area contributed by atoms with Gasteiger partial charge < -0.3 is 0 Å². The molecular weight excluding hydrogens is 840 g/mol. The van der Waals surface area contributed by atoms with Gasteiger partial charge in [-0.15, -0.1) is 0 Å². The van der Waals surface area contributed by atoms with Gasteiger partial charge in [0.2, 0.25) is 0 Å². The van der Waals surface area contributed by atoms with Crippen LogP contribution in [0, 0.1) is 0 Å². The second-order valence-corrected chi connectivity index (χ2v) is 14.3. The van der Waals surface area contributed by atoms with Crippen molar-refractivity contribution >= 4 is 48.1 Å². The first kappa shape index (κ1) is 32.7. The molecule has 8 bridgehead atoms. The Bertz CT molecular complexity index is 2620. The van der Waals surface area contributed by atoms with Crippen molar-refractivity contribution in [2.45, 2.75) is 0 Å². The summed E-state index contributed by atoms with van der Waals surface area (Å²) >= 11 is -0.880. The standard InChI is InChI=1S/C32H17N8.C7H15O4.Pt/c1-2-10-18-17(9-1)25-33-26(18)38-28-21-13-5-6-14-22(21)30(35-28)40-32-24-16-8-7-15-23(24)31(36-32)39-29-20-12-4-3-11-19(20)27(34-29)37-25;1-9-4-5-11-7-6-10-3-2-8;/h1-15H,(H2,33,34,35,36,37,38,39,40);2-7H2,1H3;/q;-1;+1. The molecule has 5 heterocycles. The topological polar surface area (TPSA) is 146 Å². The van der Waals surface area contributed by atoms with Gasteiger partial charge >= 0.3 is 302 Å². The van der Waals surface area contributed by atoms with Gasteiger partial charge in [-0.25, -0.2) is 0 Å². The maximum atomic E-state index is 6.22. The van der Waals surface area contributed by atoms with Gasteiger partial charge in [0, 0.05) is 0 Å². The second-order valence-electron chi connectivity index (χ2n) is 12.0. The van der Waals surface area contributed by atoms with Crippen molar-refractivity contribution in [3.8, 4) is 45.6 Å². The molecular formula is C39H32N8O4Pt. The zero-order chi connectivity index (χ0) is 34.9. The Labute approximate surface area is 306 Å². The molecule has 0 radical (unpaired) electrons. The Kier molecular flexibility index (Phi) is 9.05. The molecule has 0 spiro atoms. The van der Waals surface area contributed by atoms with Crippen LogP contribution in [0.15, 0.2) is 91.0 Å². The predicted molar refractivity (Wildman–Crippen MR) is 195 cm³/mol. The van der Waals surface area contributed by atoms with Gasteiger partial charge in [-0.3, -0.25) is 0 Å². The van der Waals surface area contributed by atoms with Gasteiger partial charge in [-0.1, -0.05) is 6.07 Å². The molecule has 9 rings (SSSR count). The van der Waals surface area contributed by atoms with Crippen molar-refractivity contribution in [1.82, 2.24) is 39.9 Å². The SMILES string of the molecule is COCCOCCOCC[O][Pt][c]1cccc2c3nc4nc(nc5[nH]c(nc6nc(nc([nH]3)c12)-c1ccccc1-6)c1ccccc51)-c1ccccc1-4. The third kappa shape index (κ3) is 6.18. The molecule has 0 amide bonds.